The van der Waals surface area contributed by atoms with E-state index in [0.717, 1.165) is 25.7 Å². The van der Waals surface area contributed by atoms with Crippen LogP contribution in [0.4, 0.5) is 0 Å². The van der Waals surface area contributed by atoms with Crippen molar-refractivity contribution in [3.05, 3.63) is 35.9 Å². The standard InChI is InChI=1S/C19H26N2O3/c22-18-8-4-5-11-20(18)15-19(23)21-12-13-24-17(14-21)10-9-16-6-2-1-3-7-16/h1-3,6-7,17H,4-5,8-15H2. The molecule has 0 aliphatic carbocycles. The number of likely N-dealkylation sites (tertiary alicyclic amines) is 1. The Bertz CT molecular complexity index is 561. The first-order valence-corrected chi connectivity index (χ1v) is 8.93. The van der Waals surface area contributed by atoms with E-state index in [0.29, 0.717) is 32.7 Å². The van der Waals surface area contributed by atoms with Crippen molar-refractivity contribution in [3.63, 3.8) is 0 Å². The molecular formula is C19H26N2O3. The molecule has 130 valence electrons. The Hall–Kier alpha value is -1.88. The molecule has 24 heavy (non-hydrogen) atoms. The molecule has 1 aromatic rings. The minimum atomic E-state index is 0.0539. The molecule has 0 spiro atoms. The maximum absolute atomic E-state index is 12.5. The van der Waals surface area contributed by atoms with E-state index in [1.54, 1.807) is 4.90 Å². The van der Waals surface area contributed by atoms with Crippen molar-refractivity contribution in [2.75, 3.05) is 32.8 Å². The molecule has 2 aliphatic heterocycles. The van der Waals surface area contributed by atoms with Gasteiger partial charge in [-0.15, -0.1) is 0 Å². The predicted octanol–water partition coefficient (Wildman–Crippen LogP) is 1.86. The van der Waals surface area contributed by atoms with Crippen LogP contribution in [-0.2, 0) is 20.7 Å². The van der Waals surface area contributed by atoms with Gasteiger partial charge in [-0.1, -0.05) is 30.3 Å². The highest BCUT2D eigenvalue weighted by Crippen LogP contribution is 2.15. The summed E-state index contributed by atoms with van der Waals surface area (Å²) in [7, 11) is 0. The monoisotopic (exact) mass is 330 g/mol. The zero-order valence-corrected chi connectivity index (χ0v) is 14.2. The van der Waals surface area contributed by atoms with E-state index in [2.05, 4.69) is 12.1 Å². The van der Waals surface area contributed by atoms with Crippen molar-refractivity contribution in [2.24, 2.45) is 0 Å². The van der Waals surface area contributed by atoms with Gasteiger partial charge in [-0.25, -0.2) is 0 Å². The number of morpholine rings is 1. The van der Waals surface area contributed by atoms with Gasteiger partial charge in [-0.3, -0.25) is 9.59 Å². The van der Waals surface area contributed by atoms with E-state index in [9.17, 15) is 9.59 Å². The van der Waals surface area contributed by atoms with Crippen molar-refractivity contribution in [1.29, 1.82) is 0 Å². The Morgan fingerprint density at radius 3 is 2.79 bits per heavy atom. The summed E-state index contributed by atoms with van der Waals surface area (Å²) < 4.78 is 5.82. The molecule has 2 saturated heterocycles. The molecule has 3 rings (SSSR count). The maximum Gasteiger partial charge on any atom is 0.242 e. The number of hydrogen-bond donors (Lipinski definition) is 0. The highest BCUT2D eigenvalue weighted by molar-refractivity contribution is 5.85. The van der Waals surface area contributed by atoms with Gasteiger partial charge in [-0.2, -0.15) is 0 Å². The van der Waals surface area contributed by atoms with E-state index in [4.69, 9.17) is 4.74 Å². The summed E-state index contributed by atoms with van der Waals surface area (Å²) in [6.07, 6.45) is 4.48. The minimum Gasteiger partial charge on any atom is -0.375 e. The van der Waals surface area contributed by atoms with Crippen LogP contribution in [0.1, 0.15) is 31.2 Å². The van der Waals surface area contributed by atoms with Gasteiger partial charge in [0.1, 0.15) is 0 Å². The number of rotatable bonds is 5. The van der Waals surface area contributed by atoms with Gasteiger partial charge in [0.05, 0.1) is 19.3 Å². The van der Waals surface area contributed by atoms with Gasteiger partial charge >= 0.3 is 0 Å². The van der Waals surface area contributed by atoms with Gasteiger partial charge < -0.3 is 14.5 Å². The van der Waals surface area contributed by atoms with Crippen molar-refractivity contribution in [3.8, 4) is 0 Å². The van der Waals surface area contributed by atoms with Crippen molar-refractivity contribution in [2.45, 2.75) is 38.2 Å². The number of hydrogen-bond acceptors (Lipinski definition) is 3. The molecule has 2 fully saturated rings. The van der Waals surface area contributed by atoms with Crippen LogP contribution in [-0.4, -0.2) is 60.5 Å². The van der Waals surface area contributed by atoms with Gasteiger partial charge in [0.25, 0.3) is 0 Å². The van der Waals surface area contributed by atoms with Crippen LogP contribution in [0.15, 0.2) is 30.3 Å². The Morgan fingerprint density at radius 1 is 1.17 bits per heavy atom. The maximum atomic E-state index is 12.5. The molecule has 2 aliphatic rings. The first kappa shape index (κ1) is 17.0. The average Bonchev–Trinajstić information content (AvgIpc) is 2.63. The highest BCUT2D eigenvalue weighted by atomic mass is 16.5. The highest BCUT2D eigenvalue weighted by Gasteiger charge is 2.27. The van der Waals surface area contributed by atoms with E-state index in [1.165, 1.54) is 5.56 Å². The summed E-state index contributed by atoms with van der Waals surface area (Å²) in [5.41, 5.74) is 1.29. The summed E-state index contributed by atoms with van der Waals surface area (Å²) >= 11 is 0. The molecule has 0 N–H and O–H groups in total. The van der Waals surface area contributed by atoms with Crippen molar-refractivity contribution >= 4 is 11.8 Å². The lowest BCUT2D eigenvalue weighted by Crippen LogP contribution is -2.50. The number of carbonyl (C=O) groups is 2. The van der Waals surface area contributed by atoms with Crippen LogP contribution in [0.2, 0.25) is 0 Å². The molecule has 0 radical (unpaired) electrons. The van der Waals surface area contributed by atoms with Gasteiger partial charge in [-0.05, 0) is 31.2 Å². The minimum absolute atomic E-state index is 0.0539. The lowest BCUT2D eigenvalue weighted by atomic mass is 10.1. The van der Waals surface area contributed by atoms with E-state index in [-0.39, 0.29) is 24.5 Å². The third kappa shape index (κ3) is 4.57. The fourth-order valence-corrected chi connectivity index (χ4v) is 3.39. The lowest BCUT2D eigenvalue weighted by Gasteiger charge is -2.35. The molecule has 5 heteroatoms. The van der Waals surface area contributed by atoms with Crippen LogP contribution in [0.3, 0.4) is 0 Å². The largest absolute Gasteiger partial charge is 0.375 e. The van der Waals surface area contributed by atoms with Gasteiger partial charge in [0.15, 0.2) is 0 Å². The van der Waals surface area contributed by atoms with Crippen molar-refractivity contribution in [1.82, 2.24) is 9.80 Å². The van der Waals surface area contributed by atoms with Crippen LogP contribution in [0.25, 0.3) is 0 Å². The molecule has 1 atom stereocenters. The molecule has 0 aromatic heterocycles. The zero-order chi connectivity index (χ0) is 16.8. The lowest BCUT2D eigenvalue weighted by molar-refractivity contribution is -0.146. The Morgan fingerprint density at radius 2 is 2.00 bits per heavy atom. The molecule has 1 unspecified atom stereocenters. The zero-order valence-electron chi connectivity index (χ0n) is 14.2. The quantitative estimate of drug-likeness (QED) is 0.828. The molecule has 1 aromatic carbocycles. The predicted molar refractivity (Wildman–Crippen MR) is 91.5 cm³/mol. The fourth-order valence-electron chi connectivity index (χ4n) is 3.39. The summed E-state index contributed by atoms with van der Waals surface area (Å²) in [4.78, 5) is 27.9. The second kappa shape index (κ2) is 8.29. The van der Waals surface area contributed by atoms with Crippen LogP contribution in [0.5, 0.6) is 0 Å². The van der Waals surface area contributed by atoms with Crippen LogP contribution >= 0.6 is 0 Å². The molecule has 5 nitrogen and oxygen atoms in total. The Balaban J connectivity index is 1.47. The fraction of sp³-hybridized carbons (Fsp3) is 0.579. The summed E-state index contributed by atoms with van der Waals surface area (Å²) in [5.74, 6) is 0.168. The molecular weight excluding hydrogens is 304 g/mol. The van der Waals surface area contributed by atoms with E-state index >= 15 is 0 Å². The molecule has 2 heterocycles. The van der Waals surface area contributed by atoms with Gasteiger partial charge in [0.2, 0.25) is 11.8 Å². The second-order valence-electron chi connectivity index (χ2n) is 6.63. The molecule has 0 saturated carbocycles. The molecule has 2 amide bonds. The SMILES string of the molecule is O=C1CCCCN1CC(=O)N1CCOC(CCc2ccccc2)C1. The van der Waals surface area contributed by atoms with Crippen LogP contribution in [0, 0.1) is 0 Å². The van der Waals surface area contributed by atoms with Crippen LogP contribution < -0.4 is 0 Å². The third-order valence-electron chi connectivity index (χ3n) is 4.84. The third-order valence-corrected chi connectivity index (χ3v) is 4.84. The second-order valence-corrected chi connectivity index (χ2v) is 6.63. The first-order valence-electron chi connectivity index (χ1n) is 8.93. The topological polar surface area (TPSA) is 49.9 Å². The smallest absolute Gasteiger partial charge is 0.242 e. The van der Waals surface area contributed by atoms with Gasteiger partial charge in [0, 0.05) is 26.1 Å². The number of benzene rings is 1. The Labute approximate surface area is 143 Å². The number of amides is 2. The Kier molecular flexibility index (Phi) is 5.86. The number of ether oxygens (including phenoxy) is 1. The van der Waals surface area contributed by atoms with Crippen molar-refractivity contribution < 1.29 is 14.3 Å². The normalized spacial score (nSPS) is 21.8. The number of nitrogens with zero attached hydrogens (tertiary/aromatic N) is 2. The summed E-state index contributed by atoms with van der Waals surface area (Å²) in [6, 6.07) is 10.3. The van der Waals surface area contributed by atoms with E-state index < -0.39 is 0 Å². The molecule has 0 bridgehead atoms. The number of carbonyl (C=O) groups excluding carboxylic acids is 2. The number of piperidine rings is 1. The summed E-state index contributed by atoms with van der Waals surface area (Å²) in [5, 5.41) is 0. The first-order chi connectivity index (χ1) is 11.7. The number of aryl methyl sites for hydroxylation is 1. The summed E-state index contributed by atoms with van der Waals surface area (Å²) in [6.45, 7) is 2.78. The average molecular weight is 330 g/mol. The van der Waals surface area contributed by atoms with E-state index in [1.807, 2.05) is 23.1 Å².